The Morgan fingerprint density at radius 1 is 1.31 bits per heavy atom. The highest BCUT2D eigenvalue weighted by molar-refractivity contribution is 5.95. The van der Waals surface area contributed by atoms with Crippen LogP contribution in [-0.4, -0.2) is 34.2 Å². The first-order valence-electron chi connectivity index (χ1n) is 8.66. The van der Waals surface area contributed by atoms with Gasteiger partial charge in [-0.1, -0.05) is 6.07 Å². The fourth-order valence-electron chi connectivity index (χ4n) is 3.48. The number of hydrogen-bond donors (Lipinski definition) is 3. The number of rotatable bonds is 4. The zero-order valence-corrected chi connectivity index (χ0v) is 14.5. The van der Waals surface area contributed by atoms with Gasteiger partial charge >= 0.3 is 0 Å². The summed E-state index contributed by atoms with van der Waals surface area (Å²) in [4.78, 5) is 23.3. The molecule has 1 saturated heterocycles. The van der Waals surface area contributed by atoms with E-state index in [1.165, 1.54) is 0 Å². The number of nitrogens with one attached hydrogen (secondary N) is 3. The molecule has 2 aliphatic heterocycles. The molecule has 8 nitrogen and oxygen atoms in total. The summed E-state index contributed by atoms with van der Waals surface area (Å²) in [5, 5.41) is 13.6. The van der Waals surface area contributed by atoms with Crippen molar-refractivity contribution in [1.29, 1.82) is 0 Å². The molecule has 0 spiro atoms. The highest BCUT2D eigenvalue weighted by atomic mass is 16.5. The molecule has 1 aromatic heterocycles. The number of carbonyl (C=O) groups is 2. The zero-order chi connectivity index (χ0) is 18.1. The number of benzene rings is 1. The third kappa shape index (κ3) is 3.28. The first-order chi connectivity index (χ1) is 12.6. The van der Waals surface area contributed by atoms with Crippen molar-refractivity contribution in [3.8, 4) is 5.75 Å². The molecule has 0 radical (unpaired) electrons. The minimum Gasteiger partial charge on any atom is -0.482 e. The van der Waals surface area contributed by atoms with Gasteiger partial charge in [-0.3, -0.25) is 14.3 Å². The van der Waals surface area contributed by atoms with Crippen LogP contribution >= 0.6 is 0 Å². The summed E-state index contributed by atoms with van der Waals surface area (Å²) in [6.07, 6.45) is 2.99. The normalized spacial score (nSPS) is 22.2. The summed E-state index contributed by atoms with van der Waals surface area (Å²) in [7, 11) is 1.87. The van der Waals surface area contributed by atoms with Crippen LogP contribution in [0.2, 0.25) is 0 Å². The van der Waals surface area contributed by atoms with E-state index >= 15 is 0 Å². The third-order valence-electron chi connectivity index (χ3n) is 4.82. The van der Waals surface area contributed by atoms with Gasteiger partial charge in [0, 0.05) is 32.3 Å². The number of anilines is 1. The molecule has 1 aromatic carbocycles. The molecule has 2 aromatic rings. The predicted molar refractivity (Wildman–Crippen MR) is 94.5 cm³/mol. The maximum Gasteiger partial charge on any atom is 0.262 e. The average molecular weight is 355 g/mol. The largest absolute Gasteiger partial charge is 0.482 e. The molecule has 0 bridgehead atoms. The molecule has 1 fully saturated rings. The highest BCUT2D eigenvalue weighted by Gasteiger charge is 2.31. The Bertz CT molecular complexity index is 847. The van der Waals surface area contributed by atoms with E-state index < -0.39 is 0 Å². The van der Waals surface area contributed by atoms with Gasteiger partial charge in [0.1, 0.15) is 5.75 Å². The fourth-order valence-corrected chi connectivity index (χ4v) is 3.48. The highest BCUT2D eigenvalue weighted by Crippen LogP contribution is 2.29. The average Bonchev–Trinajstić information content (AvgIpc) is 3.06. The van der Waals surface area contributed by atoms with Crippen molar-refractivity contribution in [1.82, 2.24) is 20.4 Å². The van der Waals surface area contributed by atoms with Gasteiger partial charge in [-0.25, -0.2) is 0 Å². The molecule has 0 aliphatic carbocycles. The van der Waals surface area contributed by atoms with Gasteiger partial charge in [0.25, 0.3) is 5.91 Å². The van der Waals surface area contributed by atoms with Crippen molar-refractivity contribution in [2.45, 2.75) is 31.5 Å². The van der Waals surface area contributed by atoms with Gasteiger partial charge in [-0.2, -0.15) is 5.10 Å². The Morgan fingerprint density at radius 3 is 3.00 bits per heavy atom. The summed E-state index contributed by atoms with van der Waals surface area (Å²) in [6.45, 7) is 0.677. The summed E-state index contributed by atoms with van der Waals surface area (Å²) < 4.78 is 7.17. The standard InChI is InChI=1S/C18H21N5O3/c1-23-14(6-7-20-23)18-12(3-5-16(24)22-18)19-9-11-2-4-15-13(8-11)21-17(25)10-26-15/h2,4,6-8,12,18-19H,3,5,9-10H2,1H3,(H,21,25)(H,22,24)/t12-,18-/m1/s1. The number of aromatic nitrogens is 2. The first-order valence-corrected chi connectivity index (χ1v) is 8.66. The van der Waals surface area contributed by atoms with Crippen LogP contribution < -0.4 is 20.7 Å². The minimum atomic E-state index is -0.145. The smallest absolute Gasteiger partial charge is 0.262 e. The SMILES string of the molecule is Cn1nccc1[C@@H]1NC(=O)CC[C@H]1NCc1ccc2c(c1)NC(=O)CO2. The van der Waals surface area contributed by atoms with E-state index in [-0.39, 0.29) is 30.5 Å². The molecule has 3 heterocycles. The minimum absolute atomic E-state index is 0.0543. The second-order valence-electron chi connectivity index (χ2n) is 6.62. The quantitative estimate of drug-likeness (QED) is 0.756. The van der Waals surface area contributed by atoms with E-state index in [0.29, 0.717) is 24.4 Å². The van der Waals surface area contributed by atoms with Crippen LogP contribution in [0.1, 0.15) is 30.1 Å². The van der Waals surface area contributed by atoms with Crippen molar-refractivity contribution in [3.05, 3.63) is 41.7 Å². The Labute approximate surface area is 150 Å². The lowest BCUT2D eigenvalue weighted by molar-refractivity contribution is -0.124. The van der Waals surface area contributed by atoms with Crippen molar-refractivity contribution in [2.24, 2.45) is 7.05 Å². The molecular weight excluding hydrogens is 334 g/mol. The van der Waals surface area contributed by atoms with Gasteiger partial charge in [0.2, 0.25) is 5.91 Å². The van der Waals surface area contributed by atoms with Crippen LogP contribution in [0.4, 0.5) is 5.69 Å². The number of carbonyl (C=O) groups excluding carboxylic acids is 2. The topological polar surface area (TPSA) is 97.3 Å². The van der Waals surface area contributed by atoms with Gasteiger partial charge in [0.15, 0.2) is 6.61 Å². The summed E-state index contributed by atoms with van der Waals surface area (Å²) in [5.74, 6) is 0.600. The number of fused-ring (bicyclic) bond motifs is 1. The number of ether oxygens (including phenoxy) is 1. The molecule has 4 rings (SSSR count). The van der Waals surface area contributed by atoms with E-state index in [0.717, 1.165) is 17.7 Å². The predicted octanol–water partition coefficient (Wildman–Crippen LogP) is 0.860. The van der Waals surface area contributed by atoms with Crippen molar-refractivity contribution in [3.63, 3.8) is 0 Å². The molecule has 26 heavy (non-hydrogen) atoms. The van der Waals surface area contributed by atoms with E-state index in [9.17, 15) is 9.59 Å². The number of nitrogens with zero attached hydrogens (tertiary/aromatic N) is 2. The molecule has 2 aliphatic rings. The maximum atomic E-state index is 11.9. The number of amides is 2. The summed E-state index contributed by atoms with van der Waals surface area (Å²) in [5.41, 5.74) is 2.71. The lowest BCUT2D eigenvalue weighted by Gasteiger charge is -2.33. The number of hydrogen-bond acceptors (Lipinski definition) is 5. The Morgan fingerprint density at radius 2 is 2.19 bits per heavy atom. The van der Waals surface area contributed by atoms with Crippen LogP contribution in [0.5, 0.6) is 5.75 Å². The number of aryl methyl sites for hydroxylation is 1. The second kappa shape index (κ2) is 6.80. The monoisotopic (exact) mass is 355 g/mol. The van der Waals surface area contributed by atoms with Gasteiger partial charge < -0.3 is 20.7 Å². The number of piperidine rings is 1. The van der Waals surface area contributed by atoms with Gasteiger partial charge in [0.05, 0.1) is 17.4 Å². The van der Waals surface area contributed by atoms with E-state index in [4.69, 9.17) is 4.74 Å². The van der Waals surface area contributed by atoms with Crippen molar-refractivity contribution >= 4 is 17.5 Å². The molecule has 2 amide bonds. The Kier molecular flexibility index (Phi) is 4.34. The van der Waals surface area contributed by atoms with Crippen molar-refractivity contribution in [2.75, 3.05) is 11.9 Å². The van der Waals surface area contributed by atoms with Crippen LogP contribution in [0, 0.1) is 0 Å². The van der Waals surface area contributed by atoms with Crippen LogP contribution in [0.15, 0.2) is 30.5 Å². The molecule has 0 saturated carbocycles. The lowest BCUT2D eigenvalue weighted by atomic mass is 9.95. The summed E-state index contributed by atoms with van der Waals surface area (Å²) >= 11 is 0. The van der Waals surface area contributed by atoms with E-state index in [1.807, 2.05) is 31.3 Å². The van der Waals surface area contributed by atoms with Crippen LogP contribution in [0.3, 0.4) is 0 Å². The van der Waals surface area contributed by atoms with Gasteiger partial charge in [-0.05, 0) is 30.2 Å². The molecular formula is C18H21N5O3. The first kappa shape index (κ1) is 16.6. The molecule has 3 N–H and O–H groups in total. The molecule has 2 atom stereocenters. The lowest BCUT2D eigenvalue weighted by Crippen LogP contribution is -2.48. The Hall–Kier alpha value is -2.87. The fraction of sp³-hybridized carbons (Fsp3) is 0.389. The van der Waals surface area contributed by atoms with E-state index in [2.05, 4.69) is 21.0 Å². The molecule has 0 unspecified atom stereocenters. The zero-order valence-electron chi connectivity index (χ0n) is 14.5. The third-order valence-corrected chi connectivity index (χ3v) is 4.82. The van der Waals surface area contributed by atoms with Crippen molar-refractivity contribution < 1.29 is 14.3 Å². The maximum absolute atomic E-state index is 11.9. The summed E-state index contributed by atoms with van der Waals surface area (Å²) in [6, 6.07) is 7.67. The Balaban J connectivity index is 1.47. The van der Waals surface area contributed by atoms with Gasteiger partial charge in [-0.15, -0.1) is 0 Å². The second-order valence-corrected chi connectivity index (χ2v) is 6.62. The molecule has 8 heteroatoms. The van der Waals surface area contributed by atoms with E-state index in [1.54, 1.807) is 10.9 Å². The van der Waals surface area contributed by atoms with Crippen LogP contribution in [-0.2, 0) is 23.2 Å². The molecule has 136 valence electrons. The van der Waals surface area contributed by atoms with Crippen LogP contribution in [0.25, 0.3) is 0 Å².